The van der Waals surface area contributed by atoms with Crippen molar-refractivity contribution in [3.63, 3.8) is 0 Å². The van der Waals surface area contributed by atoms with Crippen molar-refractivity contribution in [1.29, 1.82) is 0 Å². The van der Waals surface area contributed by atoms with E-state index in [1.165, 1.54) is 38.5 Å². The Morgan fingerprint density at radius 3 is 2.22 bits per heavy atom. The van der Waals surface area contributed by atoms with Crippen molar-refractivity contribution in [3.05, 3.63) is 0 Å². The van der Waals surface area contributed by atoms with Crippen LogP contribution in [0.25, 0.3) is 0 Å². The van der Waals surface area contributed by atoms with Crippen LogP contribution in [-0.4, -0.2) is 16.5 Å². The maximum Gasteiger partial charge on any atom is 0.133 e. The Morgan fingerprint density at radius 1 is 0.870 bits per heavy atom. The summed E-state index contributed by atoms with van der Waals surface area (Å²) in [6, 6.07) is 0. The Labute approximate surface area is 140 Å². The van der Waals surface area contributed by atoms with E-state index >= 15 is 0 Å². The Hall–Kier alpha value is -0.370. The number of carbonyl (C=O) groups excluding carboxylic acids is 1. The first kappa shape index (κ1) is 14.9. The Balaban J connectivity index is 1.41. The molecule has 0 radical (unpaired) electrons. The van der Waals surface area contributed by atoms with Crippen LogP contribution in [0.5, 0.6) is 0 Å². The quantitative estimate of drug-likeness (QED) is 0.787. The van der Waals surface area contributed by atoms with Crippen molar-refractivity contribution < 1.29 is 9.90 Å². The van der Waals surface area contributed by atoms with E-state index in [0.29, 0.717) is 23.0 Å². The number of rotatable bonds is 1. The van der Waals surface area contributed by atoms with E-state index in [1.54, 1.807) is 0 Å². The average Bonchev–Trinajstić information content (AvgIpc) is 3.08. The molecule has 5 aliphatic rings. The zero-order valence-electron chi connectivity index (χ0n) is 14.8. The monoisotopic (exact) mass is 316 g/mol. The topological polar surface area (TPSA) is 37.3 Å². The summed E-state index contributed by atoms with van der Waals surface area (Å²) < 4.78 is 0. The summed E-state index contributed by atoms with van der Waals surface area (Å²) >= 11 is 0. The number of aliphatic hydroxyl groups is 1. The molecule has 5 aliphatic carbocycles. The molecule has 1 unspecified atom stereocenters. The number of carbonyl (C=O) groups is 1. The lowest BCUT2D eigenvalue weighted by atomic mass is 9.49. The highest BCUT2D eigenvalue weighted by atomic mass is 16.3. The SMILES string of the molecule is CC(=O)[C@H]1CC[C@H]2[C@@H]3CC[C@H]4C5C[C@@]5(O)CC[C@@H]4[C@H]3CC[C@]12C. The highest BCUT2D eigenvalue weighted by Gasteiger charge is 2.65. The van der Waals surface area contributed by atoms with E-state index in [2.05, 4.69) is 6.92 Å². The normalized spacial score (nSPS) is 60.2. The van der Waals surface area contributed by atoms with Gasteiger partial charge in [-0.05, 0) is 106 Å². The third-order valence-electron chi connectivity index (χ3n) is 9.45. The maximum absolute atomic E-state index is 12.2. The number of ketones is 1. The molecule has 5 fully saturated rings. The van der Waals surface area contributed by atoms with Crippen LogP contribution < -0.4 is 0 Å². The molecule has 0 heterocycles. The van der Waals surface area contributed by atoms with Crippen molar-refractivity contribution in [2.24, 2.45) is 46.8 Å². The van der Waals surface area contributed by atoms with Crippen molar-refractivity contribution >= 4 is 5.78 Å². The second-order valence-electron chi connectivity index (χ2n) is 10.1. The minimum atomic E-state index is -0.246. The van der Waals surface area contributed by atoms with E-state index in [9.17, 15) is 9.90 Å². The van der Waals surface area contributed by atoms with Crippen molar-refractivity contribution in [1.82, 2.24) is 0 Å². The molecule has 0 saturated heterocycles. The molecule has 0 spiro atoms. The molecule has 2 nitrogen and oxygen atoms in total. The fourth-order valence-corrected chi connectivity index (χ4v) is 8.35. The largest absolute Gasteiger partial charge is 0.390 e. The number of Topliss-reactive ketones (excluding diaryl/α,β-unsaturated/α-hetero) is 1. The molecule has 0 aromatic rings. The molecule has 1 N–H and O–H groups in total. The van der Waals surface area contributed by atoms with E-state index in [1.807, 2.05) is 6.92 Å². The van der Waals surface area contributed by atoms with E-state index < -0.39 is 0 Å². The summed E-state index contributed by atoms with van der Waals surface area (Å²) in [5.74, 6) is 5.73. The zero-order valence-corrected chi connectivity index (χ0v) is 14.8. The number of fused-ring (bicyclic) bond motifs is 7. The van der Waals surface area contributed by atoms with Crippen LogP contribution in [0.2, 0.25) is 0 Å². The fourth-order valence-electron chi connectivity index (χ4n) is 8.35. The Bertz CT molecular complexity index is 542. The Kier molecular flexibility index (Phi) is 3.00. The van der Waals surface area contributed by atoms with Crippen LogP contribution in [0.3, 0.4) is 0 Å². The van der Waals surface area contributed by atoms with Gasteiger partial charge in [0.05, 0.1) is 5.60 Å². The van der Waals surface area contributed by atoms with Gasteiger partial charge in [-0.3, -0.25) is 4.79 Å². The van der Waals surface area contributed by atoms with Gasteiger partial charge in [0, 0.05) is 5.92 Å². The molecule has 0 aromatic carbocycles. The molecule has 5 saturated carbocycles. The first-order valence-electron chi connectivity index (χ1n) is 10.2. The average molecular weight is 316 g/mol. The fraction of sp³-hybridized carbons (Fsp3) is 0.952. The third kappa shape index (κ3) is 1.88. The first-order valence-corrected chi connectivity index (χ1v) is 10.2. The predicted octanol–water partition coefficient (Wildman–Crippen LogP) is 4.21. The molecule has 2 heteroatoms. The highest BCUT2D eigenvalue weighted by Crippen LogP contribution is 2.68. The summed E-state index contributed by atoms with van der Waals surface area (Å²) in [7, 11) is 0. The smallest absolute Gasteiger partial charge is 0.133 e. The lowest BCUT2D eigenvalue weighted by Gasteiger charge is -2.55. The molecule has 9 atom stereocenters. The minimum absolute atomic E-state index is 0.246. The van der Waals surface area contributed by atoms with Crippen LogP contribution in [0.15, 0.2) is 0 Å². The zero-order chi connectivity index (χ0) is 16.0. The molecule has 0 amide bonds. The molecule has 5 rings (SSSR count). The van der Waals surface area contributed by atoms with E-state index in [-0.39, 0.29) is 5.60 Å². The van der Waals surface area contributed by atoms with Gasteiger partial charge in [0.2, 0.25) is 0 Å². The van der Waals surface area contributed by atoms with Gasteiger partial charge < -0.3 is 5.11 Å². The van der Waals surface area contributed by atoms with Gasteiger partial charge >= 0.3 is 0 Å². The summed E-state index contributed by atoms with van der Waals surface area (Å²) in [6.07, 6.45) is 11.3. The molecule has 0 aliphatic heterocycles. The van der Waals surface area contributed by atoms with Crippen LogP contribution >= 0.6 is 0 Å². The van der Waals surface area contributed by atoms with Crippen molar-refractivity contribution in [3.8, 4) is 0 Å². The van der Waals surface area contributed by atoms with Crippen LogP contribution in [0.1, 0.15) is 71.6 Å². The standard InChI is InChI=1S/C21H32O2/c1-12(22)17-5-6-18-15-3-4-16-14(8-10-21(23)11-19(16)21)13(15)7-9-20(17,18)2/h13-19,23H,3-11H2,1-2H3/t13-,14-,15-,16-,17-,18+,19?,20-,21+/m1/s1. The van der Waals surface area contributed by atoms with Crippen molar-refractivity contribution in [2.75, 3.05) is 0 Å². The summed E-state index contributed by atoms with van der Waals surface area (Å²) in [4.78, 5) is 12.2. The van der Waals surface area contributed by atoms with Gasteiger partial charge in [0.1, 0.15) is 5.78 Å². The van der Waals surface area contributed by atoms with Crippen LogP contribution in [-0.2, 0) is 4.79 Å². The van der Waals surface area contributed by atoms with Crippen LogP contribution in [0.4, 0.5) is 0 Å². The molecular weight excluding hydrogens is 284 g/mol. The van der Waals surface area contributed by atoms with Crippen molar-refractivity contribution in [2.45, 2.75) is 77.2 Å². The lowest BCUT2D eigenvalue weighted by molar-refractivity contribution is -0.128. The molecule has 23 heavy (non-hydrogen) atoms. The van der Waals surface area contributed by atoms with Gasteiger partial charge in [-0.2, -0.15) is 0 Å². The van der Waals surface area contributed by atoms with Gasteiger partial charge in [-0.15, -0.1) is 0 Å². The molecule has 128 valence electrons. The second kappa shape index (κ2) is 4.62. The first-order chi connectivity index (χ1) is 10.9. The van der Waals surface area contributed by atoms with Gasteiger partial charge in [-0.1, -0.05) is 6.92 Å². The molecule has 0 aromatic heterocycles. The second-order valence-corrected chi connectivity index (χ2v) is 10.1. The lowest BCUT2D eigenvalue weighted by Crippen LogP contribution is -2.50. The number of hydrogen-bond donors (Lipinski definition) is 1. The van der Waals surface area contributed by atoms with Gasteiger partial charge in [-0.25, -0.2) is 0 Å². The maximum atomic E-state index is 12.2. The highest BCUT2D eigenvalue weighted by molar-refractivity contribution is 5.79. The third-order valence-corrected chi connectivity index (χ3v) is 9.45. The molecule has 0 bridgehead atoms. The Morgan fingerprint density at radius 2 is 1.52 bits per heavy atom. The predicted molar refractivity (Wildman–Crippen MR) is 89.7 cm³/mol. The molecular formula is C21H32O2. The number of hydrogen-bond acceptors (Lipinski definition) is 2. The van der Waals surface area contributed by atoms with Gasteiger partial charge in [0.15, 0.2) is 0 Å². The van der Waals surface area contributed by atoms with E-state index in [4.69, 9.17) is 0 Å². The summed E-state index contributed by atoms with van der Waals surface area (Å²) in [5.41, 5.74) is 0.0547. The van der Waals surface area contributed by atoms with Crippen LogP contribution in [0, 0.1) is 46.8 Å². The van der Waals surface area contributed by atoms with Gasteiger partial charge in [0.25, 0.3) is 0 Å². The van der Waals surface area contributed by atoms with E-state index in [0.717, 1.165) is 48.9 Å². The summed E-state index contributed by atoms with van der Waals surface area (Å²) in [5, 5.41) is 10.5. The summed E-state index contributed by atoms with van der Waals surface area (Å²) in [6.45, 7) is 4.27. The minimum Gasteiger partial charge on any atom is -0.390 e.